The minimum Gasteiger partial charge on any atom is -0.480 e. The number of aromatic amines is 1. The maximum Gasteiger partial charge on any atom is 0.326 e. The molecule has 0 aliphatic rings. The van der Waals surface area contributed by atoms with Crippen molar-refractivity contribution in [1.29, 1.82) is 0 Å². The van der Waals surface area contributed by atoms with Crippen LogP contribution in [0.2, 0.25) is 0 Å². The minimum absolute atomic E-state index is 0.123. The van der Waals surface area contributed by atoms with Crippen molar-refractivity contribution in [3.8, 4) is 0 Å². The van der Waals surface area contributed by atoms with Crippen molar-refractivity contribution in [1.82, 2.24) is 25.9 Å². The van der Waals surface area contributed by atoms with Crippen LogP contribution in [0.1, 0.15) is 46.2 Å². The Morgan fingerprint density at radius 1 is 1.16 bits per heavy atom. The van der Waals surface area contributed by atoms with Crippen molar-refractivity contribution >= 4 is 23.7 Å². The molecule has 0 aliphatic carbocycles. The highest BCUT2D eigenvalue weighted by Crippen LogP contribution is 2.08. The lowest BCUT2D eigenvalue weighted by atomic mass is 9.99. The molecule has 1 heterocycles. The number of H-pyrrole nitrogens is 1. The minimum atomic E-state index is -1.14. The molecule has 0 aromatic carbocycles. The average Bonchev–Trinajstić information content (AvgIpc) is 3.21. The van der Waals surface area contributed by atoms with Gasteiger partial charge in [0.25, 0.3) is 0 Å². The molecule has 1 aromatic rings. The number of hydrogen-bond acceptors (Lipinski definition) is 6. The summed E-state index contributed by atoms with van der Waals surface area (Å²) in [5.41, 5.74) is 6.52. The molecule has 11 heteroatoms. The summed E-state index contributed by atoms with van der Waals surface area (Å²) in [6, 6.07) is -2.81. The smallest absolute Gasteiger partial charge is 0.326 e. The summed E-state index contributed by atoms with van der Waals surface area (Å²) in [6.07, 6.45) is 4.12. The van der Waals surface area contributed by atoms with Gasteiger partial charge in [-0.05, 0) is 18.3 Å². The maximum absolute atomic E-state index is 12.7. The van der Waals surface area contributed by atoms with Crippen LogP contribution < -0.4 is 21.7 Å². The third-order valence-corrected chi connectivity index (χ3v) is 4.89. The standard InChI is InChI=1S/C20H34N6O5/c1-5-12(4)17(20(30)31)26-16(27)9-23-19(29)15(7-13-8-22-10-24-13)25-18(28)14(21)6-11(2)3/h8,10-12,14-15,17H,5-7,9,21H2,1-4H3,(H,22,24)(H,23,29)(H,25,28)(H,26,27)(H,30,31). The largest absolute Gasteiger partial charge is 0.480 e. The molecular weight excluding hydrogens is 404 g/mol. The molecule has 1 aromatic heterocycles. The molecule has 0 radical (unpaired) electrons. The summed E-state index contributed by atoms with van der Waals surface area (Å²) in [5, 5.41) is 16.8. The first-order valence-electron chi connectivity index (χ1n) is 10.4. The van der Waals surface area contributed by atoms with Crippen molar-refractivity contribution in [3.63, 3.8) is 0 Å². The van der Waals surface area contributed by atoms with Crippen molar-refractivity contribution in [2.45, 2.75) is 65.1 Å². The van der Waals surface area contributed by atoms with Gasteiger partial charge in [-0.2, -0.15) is 0 Å². The molecule has 174 valence electrons. The number of rotatable bonds is 13. The lowest BCUT2D eigenvalue weighted by Gasteiger charge is -2.22. The lowest BCUT2D eigenvalue weighted by Crippen LogP contribution is -2.54. The second kappa shape index (κ2) is 12.7. The lowest BCUT2D eigenvalue weighted by molar-refractivity contribution is -0.143. The van der Waals surface area contributed by atoms with Crippen molar-refractivity contribution < 1.29 is 24.3 Å². The first kappa shape index (κ1) is 26.1. The summed E-state index contributed by atoms with van der Waals surface area (Å²) in [6.45, 7) is 6.98. The third-order valence-electron chi connectivity index (χ3n) is 4.89. The zero-order valence-corrected chi connectivity index (χ0v) is 18.5. The molecule has 0 saturated carbocycles. The van der Waals surface area contributed by atoms with Crippen molar-refractivity contribution in [2.24, 2.45) is 17.6 Å². The van der Waals surface area contributed by atoms with E-state index in [-0.39, 0.29) is 18.3 Å². The molecule has 7 N–H and O–H groups in total. The highest BCUT2D eigenvalue weighted by Gasteiger charge is 2.27. The zero-order valence-electron chi connectivity index (χ0n) is 18.5. The van der Waals surface area contributed by atoms with Crippen LogP contribution in [-0.4, -0.2) is 63.4 Å². The molecule has 0 fully saturated rings. The Morgan fingerprint density at radius 3 is 2.35 bits per heavy atom. The number of aromatic nitrogens is 2. The summed E-state index contributed by atoms with van der Waals surface area (Å²) < 4.78 is 0. The number of nitrogens with two attached hydrogens (primary N) is 1. The Morgan fingerprint density at radius 2 is 1.84 bits per heavy atom. The van der Waals surface area contributed by atoms with Crippen LogP contribution in [0.5, 0.6) is 0 Å². The summed E-state index contributed by atoms with van der Waals surface area (Å²) in [7, 11) is 0. The predicted molar refractivity (Wildman–Crippen MR) is 114 cm³/mol. The first-order valence-corrected chi connectivity index (χ1v) is 10.4. The van der Waals surface area contributed by atoms with Gasteiger partial charge < -0.3 is 31.8 Å². The van der Waals surface area contributed by atoms with Gasteiger partial charge in [-0.15, -0.1) is 0 Å². The molecule has 31 heavy (non-hydrogen) atoms. The van der Waals surface area contributed by atoms with E-state index >= 15 is 0 Å². The number of carbonyl (C=O) groups is 4. The topological polar surface area (TPSA) is 179 Å². The number of carboxylic acids is 1. The fraction of sp³-hybridized carbons (Fsp3) is 0.650. The normalized spacial score (nSPS) is 14.9. The van der Waals surface area contributed by atoms with Crippen molar-refractivity contribution in [3.05, 3.63) is 18.2 Å². The van der Waals surface area contributed by atoms with E-state index in [1.165, 1.54) is 12.5 Å². The van der Waals surface area contributed by atoms with E-state index in [0.29, 0.717) is 18.5 Å². The SMILES string of the molecule is CCC(C)C(NC(=O)CNC(=O)C(Cc1cnc[nH]1)NC(=O)C(N)CC(C)C)C(=O)O. The Bertz CT molecular complexity index is 736. The van der Waals surface area contributed by atoms with Gasteiger partial charge in [0.2, 0.25) is 17.7 Å². The molecule has 0 saturated heterocycles. The fourth-order valence-electron chi connectivity index (χ4n) is 2.92. The number of hydrogen-bond donors (Lipinski definition) is 6. The molecule has 1 rings (SSSR count). The van der Waals surface area contributed by atoms with Gasteiger partial charge >= 0.3 is 5.97 Å². The molecular formula is C20H34N6O5. The number of imidazole rings is 1. The van der Waals surface area contributed by atoms with Crippen molar-refractivity contribution in [2.75, 3.05) is 6.54 Å². The molecule has 3 amide bonds. The quantitative estimate of drug-likeness (QED) is 0.241. The van der Waals surface area contributed by atoms with Crippen LogP contribution in [0.15, 0.2) is 12.5 Å². The van der Waals surface area contributed by atoms with Crippen LogP contribution in [0.3, 0.4) is 0 Å². The van der Waals surface area contributed by atoms with Gasteiger partial charge in [0.15, 0.2) is 0 Å². The van der Waals surface area contributed by atoms with Crippen LogP contribution in [0.25, 0.3) is 0 Å². The predicted octanol–water partition coefficient (Wildman–Crippen LogP) is -0.458. The first-order chi connectivity index (χ1) is 14.5. The monoisotopic (exact) mass is 438 g/mol. The van der Waals surface area contributed by atoms with Gasteiger partial charge in [0.1, 0.15) is 12.1 Å². The highest BCUT2D eigenvalue weighted by atomic mass is 16.4. The zero-order chi connectivity index (χ0) is 23.6. The fourth-order valence-corrected chi connectivity index (χ4v) is 2.92. The summed E-state index contributed by atoms with van der Waals surface area (Å²) in [4.78, 5) is 55.3. The van der Waals surface area contributed by atoms with Gasteiger partial charge in [0, 0.05) is 18.3 Å². The third kappa shape index (κ3) is 9.16. The van der Waals surface area contributed by atoms with E-state index in [2.05, 4.69) is 25.9 Å². The molecule has 0 aliphatic heterocycles. The van der Waals surface area contributed by atoms with Crippen LogP contribution in [0.4, 0.5) is 0 Å². The van der Waals surface area contributed by atoms with Gasteiger partial charge in [-0.1, -0.05) is 34.1 Å². The van der Waals surface area contributed by atoms with E-state index < -0.39 is 48.4 Å². The molecule has 4 atom stereocenters. The van der Waals surface area contributed by atoms with E-state index in [1.807, 2.05) is 20.8 Å². The second-order valence-electron chi connectivity index (χ2n) is 8.06. The Kier molecular flexibility index (Phi) is 10.7. The second-order valence-corrected chi connectivity index (χ2v) is 8.06. The van der Waals surface area contributed by atoms with Crippen LogP contribution >= 0.6 is 0 Å². The number of nitrogens with one attached hydrogen (secondary N) is 4. The Hall–Kier alpha value is -2.95. The van der Waals surface area contributed by atoms with E-state index in [0.717, 1.165) is 0 Å². The number of carbonyl (C=O) groups excluding carboxylic acids is 3. The molecule has 11 nitrogen and oxygen atoms in total. The maximum atomic E-state index is 12.7. The summed E-state index contributed by atoms with van der Waals surface area (Å²) in [5.74, 6) is -2.91. The van der Waals surface area contributed by atoms with Crippen LogP contribution in [-0.2, 0) is 25.6 Å². The highest BCUT2D eigenvalue weighted by molar-refractivity contribution is 5.92. The Labute approximate surface area is 181 Å². The average molecular weight is 439 g/mol. The van der Waals surface area contributed by atoms with E-state index in [4.69, 9.17) is 5.73 Å². The number of nitrogens with zero attached hydrogens (tertiary/aromatic N) is 1. The van der Waals surface area contributed by atoms with E-state index in [9.17, 15) is 24.3 Å². The van der Waals surface area contributed by atoms with Gasteiger partial charge in [0.05, 0.1) is 18.9 Å². The number of amides is 3. The molecule has 0 bridgehead atoms. The van der Waals surface area contributed by atoms with Gasteiger partial charge in [-0.3, -0.25) is 14.4 Å². The van der Waals surface area contributed by atoms with E-state index in [1.54, 1.807) is 6.92 Å². The molecule has 4 unspecified atom stereocenters. The number of aliphatic carboxylic acids is 1. The summed E-state index contributed by atoms with van der Waals surface area (Å²) >= 11 is 0. The Balaban J connectivity index is 2.75. The number of carboxylic acid groups (broad SMARTS) is 1. The van der Waals surface area contributed by atoms with Crippen LogP contribution in [0, 0.1) is 11.8 Å². The van der Waals surface area contributed by atoms with Gasteiger partial charge in [-0.25, -0.2) is 9.78 Å². The molecule has 0 spiro atoms.